The fourth-order valence-corrected chi connectivity index (χ4v) is 1.64. The molecule has 1 rings (SSSR count). The third-order valence-electron chi connectivity index (χ3n) is 2.56. The van der Waals surface area contributed by atoms with Gasteiger partial charge in [-0.1, -0.05) is 18.2 Å². The number of carboxylic acids is 1. The molecule has 0 unspecified atom stereocenters. The van der Waals surface area contributed by atoms with Crippen molar-refractivity contribution in [2.45, 2.75) is 0 Å². The van der Waals surface area contributed by atoms with Crippen molar-refractivity contribution >= 4 is 23.8 Å². The third kappa shape index (κ3) is 5.92. The van der Waals surface area contributed by atoms with Crippen LogP contribution in [0.15, 0.2) is 43.0 Å². The van der Waals surface area contributed by atoms with Gasteiger partial charge in [-0.05, 0) is 23.8 Å². The maximum absolute atomic E-state index is 12.0. The highest BCUT2D eigenvalue weighted by Crippen LogP contribution is 2.12. The molecule has 0 aromatic heterocycles. The minimum Gasteiger partial charge on any atom is -0.478 e. The molecule has 2 amide bonds. The number of carbonyl (C=O) groups excluding carboxylic acids is 1. The molecule has 1 aromatic carbocycles. The second-order valence-electron chi connectivity index (χ2n) is 4.19. The number of amides is 2. The summed E-state index contributed by atoms with van der Waals surface area (Å²) >= 11 is 0. The topological polar surface area (TPSA) is 89.9 Å². The predicted molar refractivity (Wildman–Crippen MR) is 81.0 cm³/mol. The number of hydrogen-bond acceptors (Lipinski definition) is 3. The van der Waals surface area contributed by atoms with E-state index >= 15 is 0 Å². The SMILES string of the molecule is C=CCN(CCO)C(=O)Nc1cccc(/C=C/C(=O)O)c1. The van der Waals surface area contributed by atoms with Gasteiger partial charge in [0, 0.05) is 24.9 Å². The van der Waals surface area contributed by atoms with Crippen LogP contribution in [0, 0.1) is 0 Å². The summed E-state index contributed by atoms with van der Waals surface area (Å²) in [5.74, 6) is -1.04. The van der Waals surface area contributed by atoms with Gasteiger partial charge in [-0.25, -0.2) is 9.59 Å². The molecule has 0 heterocycles. The largest absolute Gasteiger partial charge is 0.478 e. The van der Waals surface area contributed by atoms with E-state index < -0.39 is 5.97 Å². The van der Waals surface area contributed by atoms with Gasteiger partial charge in [-0.3, -0.25) is 0 Å². The number of carbonyl (C=O) groups is 2. The summed E-state index contributed by atoms with van der Waals surface area (Å²) in [5.41, 5.74) is 1.20. The predicted octanol–water partition coefficient (Wildman–Crippen LogP) is 1.80. The van der Waals surface area contributed by atoms with Gasteiger partial charge in [0.1, 0.15) is 0 Å². The van der Waals surface area contributed by atoms with Crippen molar-refractivity contribution in [2.75, 3.05) is 25.0 Å². The fraction of sp³-hybridized carbons (Fsp3) is 0.200. The number of carboxylic acid groups (broad SMARTS) is 1. The second kappa shape index (κ2) is 8.55. The number of hydrogen-bond donors (Lipinski definition) is 3. The Balaban J connectivity index is 2.77. The average Bonchev–Trinajstić information content (AvgIpc) is 2.45. The van der Waals surface area contributed by atoms with Gasteiger partial charge in [0.15, 0.2) is 0 Å². The highest BCUT2D eigenvalue weighted by Gasteiger charge is 2.11. The van der Waals surface area contributed by atoms with Crippen LogP contribution in [0.2, 0.25) is 0 Å². The van der Waals surface area contributed by atoms with Gasteiger partial charge in [-0.2, -0.15) is 0 Å². The minimum absolute atomic E-state index is 0.136. The summed E-state index contributed by atoms with van der Waals surface area (Å²) in [6.07, 6.45) is 4.03. The van der Waals surface area contributed by atoms with Crippen molar-refractivity contribution < 1.29 is 19.8 Å². The van der Waals surface area contributed by atoms with Gasteiger partial charge in [0.25, 0.3) is 0 Å². The first-order chi connectivity index (χ1) is 10.1. The van der Waals surface area contributed by atoms with E-state index in [0.29, 0.717) is 17.8 Å². The van der Waals surface area contributed by atoms with Gasteiger partial charge in [0.2, 0.25) is 0 Å². The van der Waals surface area contributed by atoms with Crippen LogP contribution in [-0.2, 0) is 4.79 Å². The van der Waals surface area contributed by atoms with Crippen LogP contribution in [-0.4, -0.2) is 46.8 Å². The molecule has 6 heteroatoms. The number of anilines is 1. The summed E-state index contributed by atoms with van der Waals surface area (Å²) in [5, 5.41) is 20.2. The van der Waals surface area contributed by atoms with Crippen LogP contribution in [0.3, 0.4) is 0 Å². The van der Waals surface area contributed by atoms with Crippen LogP contribution in [0.4, 0.5) is 10.5 Å². The minimum atomic E-state index is -1.04. The Morgan fingerprint density at radius 3 is 2.76 bits per heavy atom. The number of rotatable bonds is 7. The van der Waals surface area contributed by atoms with Gasteiger partial charge in [0.05, 0.1) is 6.61 Å². The third-order valence-corrected chi connectivity index (χ3v) is 2.56. The summed E-state index contributed by atoms with van der Waals surface area (Å²) in [7, 11) is 0. The number of aliphatic hydroxyl groups is 1. The molecule has 0 fully saturated rings. The van der Waals surface area contributed by atoms with E-state index in [1.54, 1.807) is 30.3 Å². The normalized spacial score (nSPS) is 10.3. The molecule has 3 N–H and O–H groups in total. The van der Waals surface area contributed by atoms with Gasteiger partial charge >= 0.3 is 12.0 Å². The van der Waals surface area contributed by atoms with Crippen molar-refractivity contribution in [2.24, 2.45) is 0 Å². The van der Waals surface area contributed by atoms with E-state index in [1.807, 2.05) is 0 Å². The summed E-state index contributed by atoms with van der Waals surface area (Å²) in [6, 6.07) is 6.43. The van der Waals surface area contributed by atoms with Crippen LogP contribution in [0.5, 0.6) is 0 Å². The van der Waals surface area contributed by atoms with Gasteiger partial charge in [-0.15, -0.1) is 6.58 Å². The molecule has 0 saturated heterocycles. The lowest BCUT2D eigenvalue weighted by molar-refractivity contribution is -0.131. The quantitative estimate of drug-likeness (QED) is 0.527. The first-order valence-corrected chi connectivity index (χ1v) is 6.35. The highest BCUT2D eigenvalue weighted by molar-refractivity contribution is 5.90. The molecule has 1 aromatic rings. The average molecular weight is 290 g/mol. The number of aliphatic carboxylic acids is 1. The van der Waals surface area contributed by atoms with E-state index in [2.05, 4.69) is 11.9 Å². The van der Waals surface area contributed by atoms with Crippen LogP contribution in [0.1, 0.15) is 5.56 Å². The van der Waals surface area contributed by atoms with E-state index in [4.69, 9.17) is 10.2 Å². The molecular weight excluding hydrogens is 272 g/mol. The van der Waals surface area contributed by atoms with Crippen molar-refractivity contribution in [3.05, 3.63) is 48.6 Å². The number of benzene rings is 1. The molecule has 112 valence electrons. The molecule has 6 nitrogen and oxygen atoms in total. The number of nitrogens with one attached hydrogen (secondary N) is 1. The smallest absolute Gasteiger partial charge is 0.328 e. The van der Waals surface area contributed by atoms with E-state index in [9.17, 15) is 9.59 Å². The molecule has 0 atom stereocenters. The van der Waals surface area contributed by atoms with Crippen molar-refractivity contribution in [3.8, 4) is 0 Å². The van der Waals surface area contributed by atoms with Crippen LogP contribution in [0.25, 0.3) is 6.08 Å². The molecule has 21 heavy (non-hydrogen) atoms. The number of urea groups is 1. The summed E-state index contributed by atoms with van der Waals surface area (Å²) in [4.78, 5) is 23.9. The molecule has 0 saturated carbocycles. The Morgan fingerprint density at radius 1 is 1.38 bits per heavy atom. The second-order valence-corrected chi connectivity index (χ2v) is 4.19. The van der Waals surface area contributed by atoms with E-state index in [0.717, 1.165) is 6.08 Å². The summed E-state index contributed by atoms with van der Waals surface area (Å²) < 4.78 is 0. The summed E-state index contributed by atoms with van der Waals surface area (Å²) in [6.45, 7) is 3.95. The standard InChI is InChI=1S/C15H18N2O4/c1-2-8-17(9-10-18)15(21)16-13-5-3-4-12(11-13)6-7-14(19)20/h2-7,11,18H,1,8-10H2,(H,16,21)(H,19,20)/b7-6+. The zero-order valence-electron chi connectivity index (χ0n) is 11.5. The zero-order chi connectivity index (χ0) is 15.7. The Hall–Kier alpha value is -2.60. The number of nitrogens with zero attached hydrogens (tertiary/aromatic N) is 1. The van der Waals surface area contributed by atoms with E-state index in [-0.39, 0.29) is 19.2 Å². The maximum atomic E-state index is 12.0. The Labute approximate surface area is 123 Å². The van der Waals surface area contributed by atoms with Gasteiger partial charge < -0.3 is 20.4 Å². The maximum Gasteiger partial charge on any atom is 0.328 e. The Bertz CT molecular complexity index is 540. The first-order valence-electron chi connectivity index (χ1n) is 6.35. The molecule has 0 bridgehead atoms. The Kier molecular flexibility index (Phi) is 6.70. The molecular formula is C15H18N2O4. The zero-order valence-corrected chi connectivity index (χ0v) is 11.5. The van der Waals surface area contributed by atoms with Crippen LogP contribution >= 0.6 is 0 Å². The Morgan fingerprint density at radius 2 is 2.14 bits per heavy atom. The molecule has 0 radical (unpaired) electrons. The fourth-order valence-electron chi connectivity index (χ4n) is 1.64. The lowest BCUT2D eigenvalue weighted by Crippen LogP contribution is -2.37. The highest BCUT2D eigenvalue weighted by atomic mass is 16.4. The molecule has 0 aliphatic carbocycles. The number of aliphatic hydroxyl groups excluding tert-OH is 1. The molecule has 0 aliphatic rings. The van der Waals surface area contributed by atoms with Crippen LogP contribution < -0.4 is 5.32 Å². The van der Waals surface area contributed by atoms with E-state index in [1.165, 1.54) is 11.0 Å². The first kappa shape index (κ1) is 16.5. The van der Waals surface area contributed by atoms with Crippen molar-refractivity contribution in [3.63, 3.8) is 0 Å². The lowest BCUT2D eigenvalue weighted by atomic mass is 10.2. The molecule has 0 spiro atoms. The monoisotopic (exact) mass is 290 g/mol. The van der Waals surface area contributed by atoms with Crippen molar-refractivity contribution in [1.82, 2.24) is 4.90 Å². The van der Waals surface area contributed by atoms with Crippen molar-refractivity contribution in [1.29, 1.82) is 0 Å². The molecule has 0 aliphatic heterocycles. The lowest BCUT2D eigenvalue weighted by Gasteiger charge is -2.20.